The van der Waals surface area contributed by atoms with Crippen LogP contribution in [-0.4, -0.2) is 43.1 Å². The Morgan fingerprint density at radius 1 is 1.24 bits per heavy atom. The number of guanidine groups is 1. The number of nitrogens with zero attached hydrogens (tertiary/aromatic N) is 1. The Kier molecular flexibility index (Phi) is 8.25. The van der Waals surface area contributed by atoms with Gasteiger partial charge in [-0.1, -0.05) is 18.2 Å². The van der Waals surface area contributed by atoms with Crippen LogP contribution in [0.3, 0.4) is 0 Å². The summed E-state index contributed by atoms with van der Waals surface area (Å²) in [6, 6.07) is 7.93. The van der Waals surface area contributed by atoms with Crippen LogP contribution in [-0.2, 0) is 4.79 Å². The molecule has 0 heterocycles. The van der Waals surface area contributed by atoms with Gasteiger partial charge in [-0.25, -0.2) is 4.99 Å². The Morgan fingerprint density at radius 2 is 1.92 bits per heavy atom. The summed E-state index contributed by atoms with van der Waals surface area (Å²) in [5.74, 6) is 1.38. The monoisotopic (exact) mass is 348 g/mol. The molecule has 0 aliphatic rings. The van der Waals surface area contributed by atoms with Crippen LogP contribution in [0.5, 0.6) is 5.75 Å². The van der Waals surface area contributed by atoms with E-state index in [4.69, 9.17) is 4.74 Å². The predicted octanol–water partition coefficient (Wildman–Crippen LogP) is 2.23. The van der Waals surface area contributed by atoms with E-state index in [2.05, 4.69) is 20.9 Å². The fourth-order valence-corrected chi connectivity index (χ4v) is 2.14. The SMILES string of the molecule is CCNC(=NCC(=O)NC(C)(C)C)NCC(C)Oc1ccccc1C. The molecule has 6 heteroatoms. The average Bonchev–Trinajstić information content (AvgIpc) is 2.50. The number of carbonyl (C=O) groups is 1. The first-order valence-electron chi connectivity index (χ1n) is 8.76. The zero-order valence-corrected chi connectivity index (χ0v) is 16.3. The summed E-state index contributed by atoms with van der Waals surface area (Å²) in [7, 11) is 0. The summed E-state index contributed by atoms with van der Waals surface area (Å²) in [6.45, 7) is 13.2. The minimum atomic E-state index is -0.256. The van der Waals surface area contributed by atoms with E-state index >= 15 is 0 Å². The Hall–Kier alpha value is -2.24. The van der Waals surface area contributed by atoms with Gasteiger partial charge in [0.15, 0.2) is 5.96 Å². The number of ether oxygens (including phenoxy) is 1. The molecule has 0 aromatic heterocycles. The first-order valence-corrected chi connectivity index (χ1v) is 8.76. The molecule has 0 saturated heterocycles. The van der Waals surface area contributed by atoms with Gasteiger partial charge in [-0.3, -0.25) is 4.79 Å². The average molecular weight is 348 g/mol. The van der Waals surface area contributed by atoms with E-state index in [-0.39, 0.29) is 24.1 Å². The number of hydrogen-bond donors (Lipinski definition) is 3. The summed E-state index contributed by atoms with van der Waals surface area (Å²) in [4.78, 5) is 16.2. The van der Waals surface area contributed by atoms with Crippen molar-refractivity contribution in [3.05, 3.63) is 29.8 Å². The largest absolute Gasteiger partial charge is 0.489 e. The predicted molar refractivity (Wildman–Crippen MR) is 103 cm³/mol. The molecule has 1 rings (SSSR count). The van der Waals surface area contributed by atoms with E-state index < -0.39 is 0 Å². The first-order chi connectivity index (χ1) is 11.7. The summed E-state index contributed by atoms with van der Waals surface area (Å²) >= 11 is 0. The quantitative estimate of drug-likeness (QED) is 0.522. The van der Waals surface area contributed by atoms with Gasteiger partial charge in [-0.15, -0.1) is 0 Å². The number of para-hydroxylation sites is 1. The highest BCUT2D eigenvalue weighted by Gasteiger charge is 2.13. The number of aliphatic imine (C=N–C) groups is 1. The molecular weight excluding hydrogens is 316 g/mol. The van der Waals surface area contributed by atoms with Gasteiger partial charge in [-0.05, 0) is 53.2 Å². The van der Waals surface area contributed by atoms with Crippen molar-refractivity contribution in [2.24, 2.45) is 4.99 Å². The fraction of sp³-hybridized carbons (Fsp3) is 0.579. The number of rotatable bonds is 7. The van der Waals surface area contributed by atoms with Gasteiger partial charge in [0.2, 0.25) is 5.91 Å². The summed E-state index contributed by atoms with van der Waals surface area (Å²) < 4.78 is 5.94. The van der Waals surface area contributed by atoms with Crippen LogP contribution in [0.25, 0.3) is 0 Å². The van der Waals surface area contributed by atoms with Crippen LogP contribution < -0.4 is 20.7 Å². The lowest BCUT2D eigenvalue weighted by atomic mass is 10.1. The molecule has 1 aromatic rings. The summed E-state index contributed by atoms with van der Waals surface area (Å²) in [5.41, 5.74) is 0.850. The van der Waals surface area contributed by atoms with E-state index in [1.165, 1.54) is 0 Å². The highest BCUT2D eigenvalue weighted by atomic mass is 16.5. The maximum Gasteiger partial charge on any atom is 0.242 e. The van der Waals surface area contributed by atoms with E-state index in [1.807, 2.05) is 65.8 Å². The molecule has 140 valence electrons. The molecule has 3 N–H and O–H groups in total. The molecule has 0 spiro atoms. The molecule has 1 amide bonds. The molecule has 1 aromatic carbocycles. The third-order valence-electron chi connectivity index (χ3n) is 3.22. The fourth-order valence-electron chi connectivity index (χ4n) is 2.14. The first kappa shape index (κ1) is 20.8. The highest BCUT2D eigenvalue weighted by molar-refractivity contribution is 5.85. The minimum Gasteiger partial charge on any atom is -0.489 e. The van der Waals surface area contributed by atoms with Gasteiger partial charge in [0, 0.05) is 12.1 Å². The molecule has 0 aliphatic heterocycles. The Balaban J connectivity index is 2.52. The van der Waals surface area contributed by atoms with Gasteiger partial charge < -0.3 is 20.7 Å². The lowest BCUT2D eigenvalue weighted by Gasteiger charge is -2.20. The topological polar surface area (TPSA) is 74.8 Å². The molecule has 25 heavy (non-hydrogen) atoms. The van der Waals surface area contributed by atoms with Crippen molar-refractivity contribution >= 4 is 11.9 Å². The number of hydrogen-bond acceptors (Lipinski definition) is 3. The summed E-state index contributed by atoms with van der Waals surface area (Å²) in [5, 5.41) is 9.24. The van der Waals surface area contributed by atoms with Gasteiger partial charge in [0.05, 0.1) is 6.54 Å². The molecular formula is C19H32N4O2. The van der Waals surface area contributed by atoms with Gasteiger partial charge >= 0.3 is 0 Å². The Morgan fingerprint density at radius 3 is 2.52 bits per heavy atom. The molecule has 6 nitrogen and oxygen atoms in total. The van der Waals surface area contributed by atoms with E-state index in [9.17, 15) is 4.79 Å². The highest BCUT2D eigenvalue weighted by Crippen LogP contribution is 2.17. The van der Waals surface area contributed by atoms with Crippen LogP contribution >= 0.6 is 0 Å². The van der Waals surface area contributed by atoms with Gasteiger partial charge in [-0.2, -0.15) is 0 Å². The third kappa shape index (κ3) is 8.98. The lowest BCUT2D eigenvalue weighted by Crippen LogP contribution is -2.44. The van der Waals surface area contributed by atoms with Crippen molar-refractivity contribution in [1.29, 1.82) is 0 Å². The van der Waals surface area contributed by atoms with Gasteiger partial charge in [0.25, 0.3) is 0 Å². The Labute approximate surface area is 151 Å². The molecule has 0 aliphatic carbocycles. The van der Waals surface area contributed by atoms with Crippen LogP contribution in [0.15, 0.2) is 29.3 Å². The van der Waals surface area contributed by atoms with Crippen molar-refractivity contribution in [3.8, 4) is 5.75 Å². The Bertz CT molecular complexity index is 579. The number of nitrogens with one attached hydrogen (secondary N) is 3. The summed E-state index contributed by atoms with van der Waals surface area (Å²) in [6.07, 6.45) is -0.0339. The van der Waals surface area contributed by atoms with E-state index in [0.717, 1.165) is 17.9 Å². The van der Waals surface area contributed by atoms with Crippen molar-refractivity contribution in [2.75, 3.05) is 19.6 Å². The zero-order valence-electron chi connectivity index (χ0n) is 16.3. The number of amides is 1. The molecule has 0 radical (unpaired) electrons. The maximum absolute atomic E-state index is 11.9. The van der Waals surface area contributed by atoms with Gasteiger partial charge in [0.1, 0.15) is 18.4 Å². The molecule has 1 atom stereocenters. The third-order valence-corrected chi connectivity index (χ3v) is 3.22. The van der Waals surface area contributed by atoms with Crippen molar-refractivity contribution in [3.63, 3.8) is 0 Å². The standard InChI is InChI=1S/C19H32N4O2/c1-7-20-18(22-13-17(24)23-19(4,5)6)21-12-15(3)25-16-11-9-8-10-14(16)2/h8-11,15H,7,12-13H2,1-6H3,(H,23,24)(H2,20,21,22). The van der Waals surface area contributed by atoms with Crippen molar-refractivity contribution < 1.29 is 9.53 Å². The number of aryl methyl sites for hydroxylation is 1. The number of benzene rings is 1. The zero-order chi connectivity index (χ0) is 18.9. The number of carbonyl (C=O) groups excluding carboxylic acids is 1. The second kappa shape index (κ2) is 9.91. The molecule has 0 bridgehead atoms. The normalized spacial score (nSPS) is 13.1. The lowest BCUT2D eigenvalue weighted by molar-refractivity contribution is -0.121. The van der Waals surface area contributed by atoms with Crippen LogP contribution in [0.4, 0.5) is 0 Å². The van der Waals surface area contributed by atoms with Crippen LogP contribution in [0.1, 0.15) is 40.2 Å². The molecule has 0 saturated carbocycles. The van der Waals surface area contributed by atoms with Crippen LogP contribution in [0.2, 0.25) is 0 Å². The van der Waals surface area contributed by atoms with Crippen molar-refractivity contribution in [1.82, 2.24) is 16.0 Å². The smallest absolute Gasteiger partial charge is 0.242 e. The van der Waals surface area contributed by atoms with E-state index in [0.29, 0.717) is 12.5 Å². The second-order valence-corrected chi connectivity index (χ2v) is 7.07. The minimum absolute atomic E-state index is 0.0339. The second-order valence-electron chi connectivity index (χ2n) is 7.07. The molecule has 1 unspecified atom stereocenters. The molecule has 0 fully saturated rings. The van der Waals surface area contributed by atoms with E-state index in [1.54, 1.807) is 0 Å². The van der Waals surface area contributed by atoms with Crippen molar-refractivity contribution in [2.45, 2.75) is 53.2 Å². The maximum atomic E-state index is 11.9. The van der Waals surface area contributed by atoms with Crippen LogP contribution in [0, 0.1) is 6.92 Å².